The number of ether oxygens (including phenoxy) is 1. The number of pyridine rings is 2. The molecule has 0 radical (unpaired) electrons. The first-order valence-corrected chi connectivity index (χ1v) is 10.1. The number of rotatable bonds is 5. The number of nitrogens with zero attached hydrogens (tertiary/aromatic N) is 2. The SMILES string of the molecule is CC.CCc1c2c(nc3ccc(O)cc13)-c1cc(C(C)O)c(COC=O)c(=O)n1C2. The molecule has 3 aromatic rings. The topological polar surface area (TPSA) is 102 Å². The molecule has 0 saturated carbocycles. The molecule has 0 amide bonds. The van der Waals surface area contributed by atoms with Crippen LogP contribution < -0.4 is 5.56 Å². The van der Waals surface area contributed by atoms with Crippen LogP contribution in [-0.2, 0) is 29.1 Å². The third-order valence-electron chi connectivity index (χ3n) is 5.28. The Morgan fingerprint density at radius 2 is 2.00 bits per heavy atom. The number of carbonyl (C=O) groups excluding carboxylic acids is 1. The number of aromatic nitrogens is 2. The van der Waals surface area contributed by atoms with Gasteiger partial charge in [-0.3, -0.25) is 9.59 Å². The lowest BCUT2D eigenvalue weighted by Crippen LogP contribution is -2.26. The van der Waals surface area contributed by atoms with Gasteiger partial charge in [-0.2, -0.15) is 0 Å². The summed E-state index contributed by atoms with van der Waals surface area (Å²) in [4.78, 5) is 28.4. The molecule has 1 atom stereocenters. The molecule has 0 saturated heterocycles. The Balaban J connectivity index is 0.00000124. The number of carbonyl (C=O) groups is 1. The van der Waals surface area contributed by atoms with Crippen LogP contribution in [0.3, 0.4) is 0 Å². The van der Waals surface area contributed by atoms with Crippen LogP contribution in [0.2, 0.25) is 0 Å². The average molecular weight is 410 g/mol. The Bertz CT molecular complexity index is 1160. The van der Waals surface area contributed by atoms with E-state index in [9.17, 15) is 19.8 Å². The molecular weight excluding hydrogens is 384 g/mol. The molecule has 0 fully saturated rings. The van der Waals surface area contributed by atoms with Crippen LogP contribution in [0.25, 0.3) is 22.3 Å². The van der Waals surface area contributed by atoms with Gasteiger partial charge in [0.05, 0.1) is 35.1 Å². The second-order valence-corrected chi connectivity index (χ2v) is 6.91. The lowest BCUT2D eigenvalue weighted by atomic mass is 9.98. The second-order valence-electron chi connectivity index (χ2n) is 6.91. The molecule has 7 nitrogen and oxygen atoms in total. The quantitative estimate of drug-likeness (QED) is 0.489. The molecule has 3 heterocycles. The van der Waals surface area contributed by atoms with Crippen molar-refractivity contribution in [1.82, 2.24) is 9.55 Å². The minimum absolute atomic E-state index is 0.168. The van der Waals surface area contributed by atoms with Crippen molar-refractivity contribution < 1.29 is 19.7 Å². The number of fused-ring (bicyclic) bond motifs is 4. The number of phenolic OH excluding ortho intramolecular Hbond substituents is 1. The standard InChI is InChI=1S/C21H20N2O5.C2H6/c1-3-13-15-6-12(26)4-5-18(15)22-20-16(13)8-23-19(20)7-14(11(2)25)17(21(23)27)9-28-10-24;1-2/h4-7,10-11,25-26H,3,8-9H2,1-2H3;1-2H3. The Labute approximate surface area is 174 Å². The average Bonchev–Trinajstić information content (AvgIpc) is 3.11. The van der Waals surface area contributed by atoms with Gasteiger partial charge in [0.1, 0.15) is 12.4 Å². The Kier molecular flexibility index (Phi) is 6.22. The van der Waals surface area contributed by atoms with Crippen LogP contribution in [0.5, 0.6) is 5.75 Å². The summed E-state index contributed by atoms with van der Waals surface area (Å²) in [6.45, 7) is 8.03. The van der Waals surface area contributed by atoms with Gasteiger partial charge in [0.25, 0.3) is 12.0 Å². The smallest absolute Gasteiger partial charge is 0.293 e. The van der Waals surface area contributed by atoms with Gasteiger partial charge in [0, 0.05) is 10.9 Å². The van der Waals surface area contributed by atoms with Crippen LogP contribution in [-0.4, -0.2) is 26.2 Å². The Hall–Kier alpha value is -3.19. The summed E-state index contributed by atoms with van der Waals surface area (Å²) < 4.78 is 6.40. The Morgan fingerprint density at radius 3 is 2.63 bits per heavy atom. The maximum atomic E-state index is 13.1. The van der Waals surface area contributed by atoms with E-state index in [2.05, 4.69) is 0 Å². The van der Waals surface area contributed by atoms with Crippen molar-refractivity contribution in [3.05, 3.63) is 56.9 Å². The van der Waals surface area contributed by atoms with Gasteiger partial charge in [-0.05, 0) is 48.7 Å². The highest BCUT2D eigenvalue weighted by Gasteiger charge is 2.28. The molecule has 158 valence electrons. The van der Waals surface area contributed by atoms with E-state index >= 15 is 0 Å². The molecule has 30 heavy (non-hydrogen) atoms. The first-order valence-electron chi connectivity index (χ1n) is 10.1. The normalized spacial score (nSPS) is 12.6. The van der Waals surface area contributed by atoms with Crippen LogP contribution >= 0.6 is 0 Å². The number of aliphatic hydroxyl groups is 1. The van der Waals surface area contributed by atoms with Gasteiger partial charge in [-0.25, -0.2) is 4.98 Å². The van der Waals surface area contributed by atoms with Crippen molar-refractivity contribution >= 4 is 17.4 Å². The maximum Gasteiger partial charge on any atom is 0.293 e. The third-order valence-corrected chi connectivity index (χ3v) is 5.28. The van der Waals surface area contributed by atoms with Crippen molar-refractivity contribution in [3.8, 4) is 17.1 Å². The fourth-order valence-electron chi connectivity index (χ4n) is 4.00. The summed E-state index contributed by atoms with van der Waals surface area (Å²) in [5.74, 6) is 0.168. The first kappa shape index (κ1) is 21.5. The van der Waals surface area contributed by atoms with Crippen molar-refractivity contribution in [3.63, 3.8) is 0 Å². The molecule has 4 rings (SSSR count). The lowest BCUT2D eigenvalue weighted by Gasteiger charge is -2.14. The summed E-state index contributed by atoms with van der Waals surface area (Å²) in [6.07, 6.45) is -0.172. The maximum absolute atomic E-state index is 13.1. The molecule has 1 aliphatic heterocycles. The molecule has 7 heteroatoms. The summed E-state index contributed by atoms with van der Waals surface area (Å²) in [6, 6.07) is 6.79. The van der Waals surface area contributed by atoms with Gasteiger partial charge >= 0.3 is 0 Å². The first-order chi connectivity index (χ1) is 14.5. The summed E-state index contributed by atoms with van der Waals surface area (Å²) in [5, 5.41) is 20.9. The van der Waals surface area contributed by atoms with Gasteiger partial charge in [0.2, 0.25) is 0 Å². The summed E-state index contributed by atoms with van der Waals surface area (Å²) in [7, 11) is 0. The molecule has 1 unspecified atom stereocenters. The summed E-state index contributed by atoms with van der Waals surface area (Å²) in [5.41, 5.74) is 4.43. The van der Waals surface area contributed by atoms with Gasteiger partial charge in [-0.15, -0.1) is 0 Å². The zero-order valence-electron chi connectivity index (χ0n) is 17.6. The van der Waals surface area contributed by atoms with Crippen LogP contribution in [0, 0.1) is 0 Å². The number of aliphatic hydroxyl groups excluding tert-OH is 1. The van der Waals surface area contributed by atoms with Crippen LogP contribution in [0.4, 0.5) is 0 Å². The molecule has 0 aliphatic carbocycles. The minimum Gasteiger partial charge on any atom is -0.508 e. The fourth-order valence-corrected chi connectivity index (χ4v) is 4.00. The van der Waals surface area contributed by atoms with Gasteiger partial charge < -0.3 is 19.5 Å². The van der Waals surface area contributed by atoms with Gasteiger partial charge in [-0.1, -0.05) is 20.8 Å². The summed E-state index contributed by atoms with van der Waals surface area (Å²) >= 11 is 0. The highest BCUT2D eigenvalue weighted by molar-refractivity contribution is 5.89. The second kappa shape index (κ2) is 8.67. The fraction of sp³-hybridized carbons (Fsp3) is 0.348. The minimum atomic E-state index is -0.893. The number of benzene rings is 1. The van der Waals surface area contributed by atoms with E-state index in [-0.39, 0.29) is 30.0 Å². The Morgan fingerprint density at radius 1 is 1.27 bits per heavy atom. The van der Waals surface area contributed by atoms with Crippen molar-refractivity contribution in [2.75, 3.05) is 0 Å². The van der Waals surface area contributed by atoms with E-state index in [1.807, 2.05) is 20.8 Å². The van der Waals surface area contributed by atoms with Crippen molar-refractivity contribution in [1.29, 1.82) is 0 Å². The number of hydrogen-bond donors (Lipinski definition) is 2. The third kappa shape index (κ3) is 3.45. The highest BCUT2D eigenvalue weighted by atomic mass is 16.5. The predicted octanol–water partition coefficient (Wildman–Crippen LogP) is 3.45. The lowest BCUT2D eigenvalue weighted by molar-refractivity contribution is -0.129. The van der Waals surface area contributed by atoms with Gasteiger partial charge in [0.15, 0.2) is 0 Å². The number of hydrogen-bond acceptors (Lipinski definition) is 6. The largest absolute Gasteiger partial charge is 0.508 e. The molecule has 0 spiro atoms. The monoisotopic (exact) mass is 410 g/mol. The van der Waals surface area contributed by atoms with Crippen molar-refractivity contribution in [2.24, 2.45) is 0 Å². The highest BCUT2D eigenvalue weighted by Crippen LogP contribution is 2.37. The van der Waals surface area contributed by atoms with E-state index in [4.69, 9.17) is 9.72 Å². The van der Waals surface area contributed by atoms with E-state index < -0.39 is 6.10 Å². The molecule has 2 aromatic heterocycles. The molecule has 2 N–H and O–H groups in total. The predicted molar refractivity (Wildman–Crippen MR) is 114 cm³/mol. The zero-order valence-corrected chi connectivity index (χ0v) is 17.6. The van der Waals surface area contributed by atoms with E-state index in [0.717, 1.165) is 28.5 Å². The number of aromatic hydroxyl groups is 1. The molecular formula is C23H26N2O5. The van der Waals surface area contributed by atoms with E-state index in [0.29, 0.717) is 23.5 Å². The number of aryl methyl sites for hydroxylation is 1. The van der Waals surface area contributed by atoms with Crippen molar-refractivity contribution in [2.45, 2.75) is 53.4 Å². The number of phenols is 1. The van der Waals surface area contributed by atoms with E-state index in [1.54, 1.807) is 35.8 Å². The van der Waals surface area contributed by atoms with E-state index in [1.165, 1.54) is 0 Å². The zero-order chi connectivity index (χ0) is 22.0. The van der Waals surface area contributed by atoms with Crippen LogP contribution in [0.15, 0.2) is 29.1 Å². The van der Waals surface area contributed by atoms with Crippen LogP contribution in [0.1, 0.15) is 56.1 Å². The molecule has 1 aromatic carbocycles. The molecule has 1 aliphatic rings. The molecule has 0 bridgehead atoms.